The largest absolute Gasteiger partial charge is 0.354 e. The highest BCUT2D eigenvalue weighted by molar-refractivity contribution is 5.54. The van der Waals surface area contributed by atoms with Crippen LogP contribution in [0.15, 0.2) is 18.8 Å². The zero-order valence-corrected chi connectivity index (χ0v) is 11.7. The van der Waals surface area contributed by atoms with Crippen molar-refractivity contribution in [3.8, 4) is 0 Å². The van der Waals surface area contributed by atoms with Crippen LogP contribution in [0.25, 0.3) is 6.08 Å². The normalized spacial score (nSPS) is 17.2. The second-order valence-electron chi connectivity index (χ2n) is 5.22. The van der Waals surface area contributed by atoms with Gasteiger partial charge in [0.25, 0.3) is 0 Å². The number of aromatic nitrogens is 1. The van der Waals surface area contributed by atoms with E-state index in [0.29, 0.717) is 6.04 Å². The van der Waals surface area contributed by atoms with Gasteiger partial charge in [0.15, 0.2) is 0 Å². The molecule has 3 heteroatoms. The minimum absolute atomic E-state index is 0.644. The van der Waals surface area contributed by atoms with E-state index in [1.165, 1.54) is 5.56 Å². The first-order valence-electron chi connectivity index (χ1n) is 6.70. The van der Waals surface area contributed by atoms with E-state index in [2.05, 4.69) is 48.2 Å². The van der Waals surface area contributed by atoms with Crippen molar-refractivity contribution in [2.75, 3.05) is 31.1 Å². The Bertz CT molecular complexity index is 418. The molecule has 0 aliphatic carbocycles. The Kier molecular flexibility index (Phi) is 4.02. The summed E-state index contributed by atoms with van der Waals surface area (Å²) in [5.41, 5.74) is 2.38. The fourth-order valence-electron chi connectivity index (χ4n) is 2.41. The third kappa shape index (κ3) is 2.72. The summed E-state index contributed by atoms with van der Waals surface area (Å²) in [6.45, 7) is 14.8. The van der Waals surface area contributed by atoms with Crippen molar-refractivity contribution in [3.63, 3.8) is 0 Å². The molecule has 1 aromatic heterocycles. The number of hydrogen-bond acceptors (Lipinski definition) is 3. The lowest BCUT2D eigenvalue weighted by atomic mass is 10.1. The van der Waals surface area contributed by atoms with E-state index in [1.54, 1.807) is 0 Å². The fraction of sp³-hybridized carbons (Fsp3) is 0.533. The third-order valence-electron chi connectivity index (χ3n) is 3.73. The maximum Gasteiger partial charge on any atom is 0.128 e. The Hall–Kier alpha value is -1.35. The highest BCUT2D eigenvalue weighted by atomic mass is 15.3. The molecule has 0 bridgehead atoms. The molecule has 1 fully saturated rings. The van der Waals surface area contributed by atoms with Crippen LogP contribution in [0.5, 0.6) is 0 Å². The molecule has 2 heterocycles. The van der Waals surface area contributed by atoms with E-state index in [9.17, 15) is 0 Å². The van der Waals surface area contributed by atoms with Crippen LogP contribution in [0.1, 0.15) is 25.0 Å². The highest BCUT2D eigenvalue weighted by Gasteiger charge is 2.19. The Morgan fingerprint density at radius 2 is 1.94 bits per heavy atom. The topological polar surface area (TPSA) is 19.4 Å². The van der Waals surface area contributed by atoms with Gasteiger partial charge in [0, 0.05) is 38.4 Å². The van der Waals surface area contributed by atoms with E-state index in [4.69, 9.17) is 0 Å². The van der Waals surface area contributed by atoms with Crippen LogP contribution >= 0.6 is 0 Å². The van der Waals surface area contributed by atoms with Gasteiger partial charge in [-0.25, -0.2) is 4.98 Å². The smallest absolute Gasteiger partial charge is 0.128 e. The summed E-state index contributed by atoms with van der Waals surface area (Å²) in [6.07, 6.45) is 3.79. The van der Waals surface area contributed by atoms with Gasteiger partial charge in [-0.15, -0.1) is 0 Å². The fourth-order valence-corrected chi connectivity index (χ4v) is 2.41. The van der Waals surface area contributed by atoms with Crippen molar-refractivity contribution in [1.29, 1.82) is 0 Å². The van der Waals surface area contributed by atoms with Crippen LogP contribution in [-0.2, 0) is 0 Å². The Labute approximate surface area is 110 Å². The molecule has 0 spiro atoms. The molecule has 1 aliphatic heterocycles. The molecule has 1 aliphatic rings. The SMILES string of the molecule is C=Cc1cnc(N2CCN(C(C)C)CC2)cc1C. The lowest BCUT2D eigenvalue weighted by Crippen LogP contribution is -2.49. The van der Waals surface area contributed by atoms with Gasteiger partial charge in [-0.2, -0.15) is 0 Å². The Morgan fingerprint density at radius 1 is 1.28 bits per heavy atom. The summed E-state index contributed by atoms with van der Waals surface area (Å²) < 4.78 is 0. The molecular weight excluding hydrogens is 222 g/mol. The van der Waals surface area contributed by atoms with E-state index >= 15 is 0 Å². The zero-order valence-electron chi connectivity index (χ0n) is 11.7. The average molecular weight is 245 g/mol. The molecule has 2 rings (SSSR count). The molecule has 0 amide bonds. The minimum Gasteiger partial charge on any atom is -0.354 e. The first kappa shape index (κ1) is 13.1. The number of pyridine rings is 1. The molecule has 1 saturated heterocycles. The lowest BCUT2D eigenvalue weighted by molar-refractivity contribution is 0.209. The van der Waals surface area contributed by atoms with Gasteiger partial charge >= 0.3 is 0 Å². The molecule has 1 aromatic rings. The number of aryl methyl sites for hydroxylation is 1. The average Bonchev–Trinajstić information content (AvgIpc) is 2.38. The first-order chi connectivity index (χ1) is 8.61. The van der Waals surface area contributed by atoms with Crippen LogP contribution in [0.4, 0.5) is 5.82 Å². The molecule has 18 heavy (non-hydrogen) atoms. The van der Waals surface area contributed by atoms with Crippen LogP contribution < -0.4 is 4.90 Å². The van der Waals surface area contributed by atoms with Gasteiger partial charge in [-0.1, -0.05) is 12.7 Å². The molecule has 0 N–H and O–H groups in total. The minimum atomic E-state index is 0.644. The maximum absolute atomic E-state index is 4.54. The summed E-state index contributed by atoms with van der Waals surface area (Å²) >= 11 is 0. The number of piperazine rings is 1. The standard InChI is InChI=1S/C15H23N3/c1-5-14-11-16-15(10-13(14)4)18-8-6-17(7-9-18)12(2)3/h5,10-12H,1,6-9H2,2-4H3. The van der Waals surface area contributed by atoms with Crippen molar-refractivity contribution in [2.24, 2.45) is 0 Å². The van der Waals surface area contributed by atoms with Crippen molar-refractivity contribution in [2.45, 2.75) is 26.8 Å². The van der Waals surface area contributed by atoms with Gasteiger partial charge in [-0.05, 0) is 38.0 Å². The Balaban J connectivity index is 2.05. The summed E-state index contributed by atoms with van der Waals surface area (Å²) in [5.74, 6) is 1.10. The van der Waals surface area contributed by atoms with E-state index in [0.717, 1.165) is 37.6 Å². The summed E-state index contributed by atoms with van der Waals surface area (Å²) in [7, 11) is 0. The molecule has 0 aromatic carbocycles. The van der Waals surface area contributed by atoms with Gasteiger partial charge in [0.1, 0.15) is 5.82 Å². The number of rotatable bonds is 3. The molecule has 3 nitrogen and oxygen atoms in total. The number of hydrogen-bond donors (Lipinski definition) is 0. The number of anilines is 1. The van der Waals surface area contributed by atoms with E-state index < -0.39 is 0 Å². The van der Waals surface area contributed by atoms with Crippen molar-refractivity contribution < 1.29 is 0 Å². The van der Waals surface area contributed by atoms with Gasteiger partial charge < -0.3 is 4.90 Å². The first-order valence-corrected chi connectivity index (χ1v) is 6.70. The quantitative estimate of drug-likeness (QED) is 0.816. The second kappa shape index (κ2) is 5.53. The van der Waals surface area contributed by atoms with Crippen LogP contribution in [0.2, 0.25) is 0 Å². The van der Waals surface area contributed by atoms with Crippen LogP contribution in [0.3, 0.4) is 0 Å². The van der Waals surface area contributed by atoms with Gasteiger partial charge in [0.2, 0.25) is 0 Å². The summed E-state index contributed by atoms with van der Waals surface area (Å²) in [4.78, 5) is 9.43. The molecule has 0 saturated carbocycles. The second-order valence-corrected chi connectivity index (χ2v) is 5.22. The molecular formula is C15H23N3. The monoisotopic (exact) mass is 245 g/mol. The summed E-state index contributed by atoms with van der Waals surface area (Å²) in [5, 5.41) is 0. The zero-order chi connectivity index (χ0) is 13.1. The van der Waals surface area contributed by atoms with Gasteiger partial charge in [0.05, 0.1) is 0 Å². The molecule has 0 atom stereocenters. The predicted octanol–water partition coefficient (Wildman–Crippen LogP) is 2.56. The van der Waals surface area contributed by atoms with Crippen LogP contribution in [-0.4, -0.2) is 42.1 Å². The molecule has 0 unspecified atom stereocenters. The van der Waals surface area contributed by atoms with Crippen molar-refractivity contribution in [3.05, 3.63) is 30.0 Å². The van der Waals surface area contributed by atoms with Gasteiger partial charge in [-0.3, -0.25) is 4.90 Å². The number of nitrogens with zero attached hydrogens (tertiary/aromatic N) is 3. The maximum atomic E-state index is 4.54. The third-order valence-corrected chi connectivity index (χ3v) is 3.73. The highest BCUT2D eigenvalue weighted by Crippen LogP contribution is 2.18. The van der Waals surface area contributed by atoms with E-state index in [1.807, 2.05) is 12.3 Å². The molecule has 0 radical (unpaired) electrons. The predicted molar refractivity (Wildman–Crippen MR) is 78.0 cm³/mol. The lowest BCUT2D eigenvalue weighted by Gasteiger charge is -2.37. The van der Waals surface area contributed by atoms with Crippen LogP contribution in [0, 0.1) is 6.92 Å². The van der Waals surface area contributed by atoms with E-state index in [-0.39, 0.29) is 0 Å². The van der Waals surface area contributed by atoms with Crippen molar-refractivity contribution in [1.82, 2.24) is 9.88 Å². The molecule has 98 valence electrons. The van der Waals surface area contributed by atoms with Crippen molar-refractivity contribution >= 4 is 11.9 Å². The summed E-state index contributed by atoms with van der Waals surface area (Å²) in [6, 6.07) is 2.81. The Morgan fingerprint density at radius 3 is 2.44 bits per heavy atom.